The van der Waals surface area contributed by atoms with E-state index >= 15 is 0 Å². The molecule has 0 aromatic carbocycles. The number of rotatable bonds is 7. The summed E-state index contributed by atoms with van der Waals surface area (Å²) >= 11 is 0. The van der Waals surface area contributed by atoms with Gasteiger partial charge in [0.1, 0.15) is 10.7 Å². The third-order valence-electron chi connectivity index (χ3n) is 2.41. The number of methoxy groups -OCH3 is 1. The lowest BCUT2D eigenvalue weighted by Gasteiger charge is -2.15. The van der Waals surface area contributed by atoms with Gasteiger partial charge in [0.15, 0.2) is 0 Å². The summed E-state index contributed by atoms with van der Waals surface area (Å²) in [6.45, 7) is 2.31. The average molecular weight is 273 g/mol. The Balaban J connectivity index is 2.86. The fourth-order valence-electron chi connectivity index (χ4n) is 1.48. The Morgan fingerprint density at radius 1 is 1.50 bits per heavy atom. The van der Waals surface area contributed by atoms with Crippen LogP contribution in [0.15, 0.2) is 23.2 Å². The summed E-state index contributed by atoms with van der Waals surface area (Å²) < 4.78 is 31.8. The van der Waals surface area contributed by atoms with Crippen LogP contribution in [0.3, 0.4) is 0 Å². The van der Waals surface area contributed by atoms with Gasteiger partial charge in [-0.15, -0.1) is 0 Å². The Morgan fingerprint density at radius 2 is 2.22 bits per heavy atom. The molecule has 18 heavy (non-hydrogen) atoms. The number of anilines is 1. The number of hydrogen-bond donors (Lipinski definition) is 2. The molecular formula is C11H19N3O3S. The fraction of sp³-hybridized carbons (Fsp3) is 0.545. The smallest absolute Gasteiger partial charge is 0.244 e. The monoisotopic (exact) mass is 273 g/mol. The van der Waals surface area contributed by atoms with E-state index in [1.165, 1.54) is 6.07 Å². The molecule has 0 bridgehead atoms. The van der Waals surface area contributed by atoms with E-state index in [2.05, 4.69) is 15.0 Å². The number of nitrogens with zero attached hydrogens (tertiary/aromatic N) is 1. The van der Waals surface area contributed by atoms with Crippen molar-refractivity contribution >= 4 is 15.8 Å². The molecule has 0 aliphatic heterocycles. The second kappa shape index (κ2) is 6.67. The summed E-state index contributed by atoms with van der Waals surface area (Å²) in [6.07, 6.45) is 2.16. The normalized spacial score (nSPS) is 13.3. The van der Waals surface area contributed by atoms with E-state index in [1.807, 2.05) is 0 Å². The van der Waals surface area contributed by atoms with Gasteiger partial charge in [0, 0.05) is 33.0 Å². The lowest BCUT2D eigenvalue weighted by molar-refractivity contribution is 0.188. The van der Waals surface area contributed by atoms with Crippen molar-refractivity contribution in [3.63, 3.8) is 0 Å². The number of sulfonamides is 1. The van der Waals surface area contributed by atoms with Gasteiger partial charge in [-0.05, 0) is 25.5 Å². The standard InChI is InChI=1S/C11H19N3O3S/c1-9(6-8-17-3)14-18(15,16)10-5-4-7-13-11(10)12-2/h4-5,7,9,14H,6,8H2,1-3H3,(H,12,13). The van der Waals surface area contributed by atoms with E-state index in [1.54, 1.807) is 33.3 Å². The van der Waals surface area contributed by atoms with Crippen molar-refractivity contribution in [2.75, 3.05) is 26.1 Å². The van der Waals surface area contributed by atoms with Crippen LogP contribution in [0, 0.1) is 0 Å². The van der Waals surface area contributed by atoms with Gasteiger partial charge >= 0.3 is 0 Å². The highest BCUT2D eigenvalue weighted by Gasteiger charge is 2.20. The first-order valence-corrected chi connectivity index (χ1v) is 7.13. The summed E-state index contributed by atoms with van der Waals surface area (Å²) in [5.74, 6) is 0.337. The molecule has 0 saturated heterocycles. The highest BCUT2D eigenvalue weighted by Crippen LogP contribution is 2.17. The van der Waals surface area contributed by atoms with Crippen LogP contribution >= 0.6 is 0 Å². The van der Waals surface area contributed by atoms with Crippen LogP contribution in [0.4, 0.5) is 5.82 Å². The van der Waals surface area contributed by atoms with Gasteiger partial charge in [-0.2, -0.15) is 0 Å². The van der Waals surface area contributed by atoms with E-state index in [0.29, 0.717) is 18.8 Å². The van der Waals surface area contributed by atoms with Crippen LogP contribution in [0.5, 0.6) is 0 Å². The molecule has 1 heterocycles. The maximum absolute atomic E-state index is 12.2. The first kappa shape index (κ1) is 14.9. The molecule has 1 rings (SSSR count). The Kier molecular flexibility index (Phi) is 5.52. The first-order valence-electron chi connectivity index (χ1n) is 5.65. The van der Waals surface area contributed by atoms with E-state index < -0.39 is 10.0 Å². The predicted molar refractivity (Wildman–Crippen MR) is 70.1 cm³/mol. The van der Waals surface area contributed by atoms with Crippen molar-refractivity contribution in [3.05, 3.63) is 18.3 Å². The number of nitrogens with one attached hydrogen (secondary N) is 2. The zero-order valence-electron chi connectivity index (χ0n) is 10.8. The van der Waals surface area contributed by atoms with E-state index in [4.69, 9.17) is 4.74 Å². The highest BCUT2D eigenvalue weighted by molar-refractivity contribution is 7.89. The molecule has 0 fully saturated rings. The van der Waals surface area contributed by atoms with Gasteiger partial charge in [-0.1, -0.05) is 0 Å². The molecule has 0 aliphatic carbocycles. The maximum atomic E-state index is 12.2. The van der Waals surface area contributed by atoms with Crippen LogP contribution in [-0.4, -0.2) is 40.2 Å². The molecule has 1 aromatic heterocycles. The second-order valence-electron chi connectivity index (χ2n) is 3.90. The Morgan fingerprint density at radius 3 is 2.83 bits per heavy atom. The molecule has 0 amide bonds. The molecule has 2 N–H and O–H groups in total. The SMILES string of the molecule is CNc1ncccc1S(=O)(=O)NC(C)CCOC. The van der Waals surface area contributed by atoms with E-state index in [0.717, 1.165) is 0 Å². The molecule has 1 atom stereocenters. The van der Waals surface area contributed by atoms with Crippen molar-refractivity contribution in [3.8, 4) is 0 Å². The molecule has 0 radical (unpaired) electrons. The van der Waals surface area contributed by atoms with Gasteiger partial charge in [-0.3, -0.25) is 0 Å². The summed E-state index contributed by atoms with van der Waals surface area (Å²) in [5, 5.41) is 2.76. The summed E-state index contributed by atoms with van der Waals surface area (Å²) in [7, 11) is -0.344. The van der Waals surface area contributed by atoms with Gasteiger partial charge in [-0.25, -0.2) is 18.1 Å². The Bertz CT molecular complexity index is 476. The number of ether oxygens (including phenoxy) is 1. The third kappa shape index (κ3) is 3.94. The number of hydrogen-bond acceptors (Lipinski definition) is 5. The van der Waals surface area contributed by atoms with Gasteiger partial charge in [0.05, 0.1) is 0 Å². The minimum Gasteiger partial charge on any atom is -0.385 e. The molecule has 0 saturated carbocycles. The third-order valence-corrected chi connectivity index (χ3v) is 4.03. The Hall–Kier alpha value is -1.18. The zero-order valence-corrected chi connectivity index (χ0v) is 11.6. The molecule has 0 spiro atoms. The lowest BCUT2D eigenvalue weighted by atomic mass is 10.3. The summed E-state index contributed by atoms with van der Waals surface area (Å²) in [6, 6.07) is 2.92. The highest BCUT2D eigenvalue weighted by atomic mass is 32.2. The summed E-state index contributed by atoms with van der Waals surface area (Å²) in [4.78, 5) is 4.13. The van der Waals surface area contributed by atoms with Crippen LogP contribution in [-0.2, 0) is 14.8 Å². The minimum absolute atomic E-state index is 0.150. The molecule has 102 valence electrons. The number of pyridine rings is 1. The fourth-order valence-corrected chi connectivity index (χ4v) is 2.92. The van der Waals surface area contributed by atoms with Crippen molar-refractivity contribution in [2.24, 2.45) is 0 Å². The molecule has 6 nitrogen and oxygen atoms in total. The quantitative estimate of drug-likeness (QED) is 0.769. The lowest BCUT2D eigenvalue weighted by Crippen LogP contribution is -2.33. The van der Waals surface area contributed by atoms with Crippen molar-refractivity contribution in [1.82, 2.24) is 9.71 Å². The van der Waals surface area contributed by atoms with Crippen molar-refractivity contribution in [2.45, 2.75) is 24.3 Å². The Labute approximate surface area is 108 Å². The van der Waals surface area contributed by atoms with Crippen molar-refractivity contribution < 1.29 is 13.2 Å². The van der Waals surface area contributed by atoms with Crippen LogP contribution in [0.2, 0.25) is 0 Å². The molecular weight excluding hydrogens is 254 g/mol. The van der Waals surface area contributed by atoms with Crippen LogP contribution in [0.25, 0.3) is 0 Å². The van der Waals surface area contributed by atoms with Crippen molar-refractivity contribution in [1.29, 1.82) is 0 Å². The van der Waals surface area contributed by atoms with E-state index in [9.17, 15) is 8.42 Å². The molecule has 0 aliphatic rings. The summed E-state index contributed by atoms with van der Waals surface area (Å²) in [5.41, 5.74) is 0. The molecule has 1 unspecified atom stereocenters. The van der Waals surface area contributed by atoms with Gasteiger partial charge < -0.3 is 10.1 Å². The maximum Gasteiger partial charge on any atom is 0.244 e. The average Bonchev–Trinajstić information content (AvgIpc) is 2.35. The topological polar surface area (TPSA) is 80.3 Å². The number of aromatic nitrogens is 1. The van der Waals surface area contributed by atoms with Gasteiger partial charge in [0.2, 0.25) is 10.0 Å². The van der Waals surface area contributed by atoms with E-state index in [-0.39, 0.29) is 10.9 Å². The predicted octanol–water partition coefficient (Wildman–Crippen LogP) is 0.827. The van der Waals surface area contributed by atoms with Gasteiger partial charge in [0.25, 0.3) is 0 Å². The molecule has 1 aromatic rings. The van der Waals surface area contributed by atoms with Crippen LogP contribution in [0.1, 0.15) is 13.3 Å². The first-order chi connectivity index (χ1) is 8.51. The second-order valence-corrected chi connectivity index (χ2v) is 5.59. The minimum atomic E-state index is -3.56. The molecule has 7 heteroatoms. The van der Waals surface area contributed by atoms with Crippen LogP contribution < -0.4 is 10.0 Å². The zero-order chi connectivity index (χ0) is 13.6. The largest absolute Gasteiger partial charge is 0.385 e.